The molecule has 0 aliphatic carbocycles. The molecule has 0 unspecified atom stereocenters. The van der Waals surface area contributed by atoms with E-state index >= 15 is 0 Å². The molecule has 0 aliphatic heterocycles. The van der Waals surface area contributed by atoms with Crippen LogP contribution >= 0.6 is 11.3 Å². The van der Waals surface area contributed by atoms with Crippen LogP contribution in [0, 0.1) is 0 Å². The number of carbonyl (C=O) groups excluding carboxylic acids is 4. The van der Waals surface area contributed by atoms with E-state index in [0.29, 0.717) is 29.0 Å². The van der Waals surface area contributed by atoms with Gasteiger partial charge in [0.2, 0.25) is 0 Å². The molecule has 1 aromatic carbocycles. The quantitative estimate of drug-likeness (QED) is 0.466. The van der Waals surface area contributed by atoms with Gasteiger partial charge >= 0.3 is 11.9 Å². The normalized spacial score (nSPS) is 10.1. The van der Waals surface area contributed by atoms with Crippen molar-refractivity contribution in [1.29, 1.82) is 0 Å². The van der Waals surface area contributed by atoms with E-state index in [4.69, 9.17) is 14.2 Å². The van der Waals surface area contributed by atoms with Crippen LogP contribution in [0.5, 0.6) is 5.75 Å². The molecular formula is C20H21NO7S. The molecular weight excluding hydrogens is 398 g/mol. The Kier molecular flexibility index (Phi) is 8.35. The summed E-state index contributed by atoms with van der Waals surface area (Å²) in [5.74, 6) is -1.44. The van der Waals surface area contributed by atoms with Crippen molar-refractivity contribution in [1.82, 2.24) is 0 Å². The molecule has 1 aromatic heterocycles. The summed E-state index contributed by atoms with van der Waals surface area (Å²) < 4.78 is 15.1. The van der Waals surface area contributed by atoms with E-state index in [0.717, 1.165) is 4.88 Å². The summed E-state index contributed by atoms with van der Waals surface area (Å²) in [5, 5.41) is 2.93. The lowest BCUT2D eigenvalue weighted by Crippen LogP contribution is -2.24. The van der Waals surface area contributed by atoms with Crippen LogP contribution in [0.3, 0.4) is 0 Å². The van der Waals surface area contributed by atoms with Gasteiger partial charge in [0, 0.05) is 10.4 Å². The number of carbonyl (C=O) groups is 4. The summed E-state index contributed by atoms with van der Waals surface area (Å²) in [5.41, 5.74) is 0.758. The number of amides is 1. The van der Waals surface area contributed by atoms with Gasteiger partial charge in [0.05, 0.1) is 12.2 Å². The maximum absolute atomic E-state index is 12.1. The maximum atomic E-state index is 12.1. The van der Waals surface area contributed by atoms with Crippen molar-refractivity contribution < 1.29 is 33.4 Å². The molecule has 1 N–H and O–H groups in total. The predicted molar refractivity (Wildman–Crippen MR) is 107 cm³/mol. The third-order valence-electron chi connectivity index (χ3n) is 3.62. The number of rotatable bonds is 10. The fourth-order valence-electron chi connectivity index (χ4n) is 2.20. The van der Waals surface area contributed by atoms with Gasteiger partial charge in [-0.1, -0.05) is 6.92 Å². The van der Waals surface area contributed by atoms with Crippen LogP contribution in [-0.4, -0.2) is 44.0 Å². The highest BCUT2D eigenvalue weighted by atomic mass is 32.1. The molecule has 0 aliphatic rings. The Balaban J connectivity index is 1.84. The molecule has 2 aromatic rings. The number of hydrogen-bond donors (Lipinski definition) is 1. The first-order valence-corrected chi connectivity index (χ1v) is 9.71. The van der Waals surface area contributed by atoms with E-state index in [2.05, 4.69) is 5.32 Å². The van der Waals surface area contributed by atoms with Crippen LogP contribution in [0.1, 0.15) is 39.4 Å². The summed E-state index contributed by atoms with van der Waals surface area (Å²) >= 11 is 1.26. The zero-order valence-electron chi connectivity index (χ0n) is 16.1. The second-order valence-electron chi connectivity index (χ2n) is 5.71. The number of nitrogens with one attached hydrogen (secondary N) is 1. The Morgan fingerprint density at radius 1 is 1.07 bits per heavy atom. The van der Waals surface area contributed by atoms with Crippen molar-refractivity contribution >= 4 is 40.5 Å². The zero-order chi connectivity index (χ0) is 21.2. The Hall–Kier alpha value is -3.20. The molecule has 0 spiro atoms. The number of benzene rings is 1. The number of anilines is 1. The van der Waals surface area contributed by atoms with Gasteiger partial charge < -0.3 is 19.5 Å². The van der Waals surface area contributed by atoms with Gasteiger partial charge in [0.1, 0.15) is 17.0 Å². The van der Waals surface area contributed by atoms with Gasteiger partial charge in [-0.25, -0.2) is 9.59 Å². The van der Waals surface area contributed by atoms with Gasteiger partial charge in [-0.15, -0.1) is 11.3 Å². The first-order valence-electron chi connectivity index (χ1n) is 8.90. The number of aryl methyl sites for hydroxylation is 1. The molecule has 0 bridgehead atoms. The van der Waals surface area contributed by atoms with Crippen LogP contribution < -0.4 is 10.1 Å². The maximum Gasteiger partial charge on any atom is 0.344 e. The van der Waals surface area contributed by atoms with Crippen molar-refractivity contribution in [3.8, 4) is 5.75 Å². The smallest absolute Gasteiger partial charge is 0.344 e. The molecule has 1 heterocycles. The van der Waals surface area contributed by atoms with E-state index < -0.39 is 24.5 Å². The van der Waals surface area contributed by atoms with Crippen LogP contribution in [0.4, 0.5) is 5.00 Å². The molecule has 0 atom stereocenters. The number of ether oxygens (including phenoxy) is 3. The van der Waals surface area contributed by atoms with Crippen molar-refractivity contribution in [2.75, 3.05) is 25.1 Å². The summed E-state index contributed by atoms with van der Waals surface area (Å²) in [6, 6.07) is 7.86. The van der Waals surface area contributed by atoms with Crippen molar-refractivity contribution in [3.63, 3.8) is 0 Å². The third kappa shape index (κ3) is 6.72. The van der Waals surface area contributed by atoms with Gasteiger partial charge in [-0.3, -0.25) is 9.59 Å². The van der Waals surface area contributed by atoms with Gasteiger partial charge in [0.25, 0.3) is 5.91 Å². The SMILES string of the molecule is CCOC(=O)c1cc(CC)sc1NC(=O)COC(=O)COc1ccc(C=O)cc1. The van der Waals surface area contributed by atoms with Gasteiger partial charge in [-0.05, 0) is 43.7 Å². The minimum atomic E-state index is -0.731. The monoisotopic (exact) mass is 419 g/mol. The lowest BCUT2D eigenvalue weighted by molar-refractivity contribution is -0.149. The van der Waals surface area contributed by atoms with E-state index in [-0.39, 0.29) is 18.8 Å². The summed E-state index contributed by atoms with van der Waals surface area (Å²) in [6.07, 6.45) is 1.40. The molecule has 8 nitrogen and oxygen atoms in total. The Morgan fingerprint density at radius 3 is 2.41 bits per heavy atom. The van der Waals surface area contributed by atoms with Crippen molar-refractivity contribution in [3.05, 3.63) is 46.3 Å². The molecule has 0 radical (unpaired) electrons. The molecule has 0 fully saturated rings. The average Bonchev–Trinajstić information content (AvgIpc) is 3.14. The Morgan fingerprint density at radius 2 is 1.79 bits per heavy atom. The summed E-state index contributed by atoms with van der Waals surface area (Å²) in [6.45, 7) is 2.94. The molecule has 1 amide bonds. The Labute approximate surface area is 171 Å². The highest BCUT2D eigenvalue weighted by molar-refractivity contribution is 7.16. The number of aldehydes is 1. The minimum absolute atomic E-state index is 0.221. The van der Waals surface area contributed by atoms with Crippen LogP contribution in [0.2, 0.25) is 0 Å². The number of hydrogen-bond acceptors (Lipinski definition) is 8. The van der Waals surface area contributed by atoms with E-state index in [1.54, 1.807) is 37.3 Å². The second kappa shape index (κ2) is 11.0. The summed E-state index contributed by atoms with van der Waals surface area (Å²) in [4.78, 5) is 47.4. The molecule has 0 saturated heterocycles. The highest BCUT2D eigenvalue weighted by Crippen LogP contribution is 2.29. The first-order chi connectivity index (χ1) is 14.0. The molecule has 154 valence electrons. The predicted octanol–water partition coefficient (Wildman–Crippen LogP) is 2.86. The van der Waals surface area contributed by atoms with E-state index in [1.807, 2.05) is 6.92 Å². The van der Waals surface area contributed by atoms with Crippen LogP contribution in [0.25, 0.3) is 0 Å². The average molecular weight is 419 g/mol. The fourth-order valence-corrected chi connectivity index (χ4v) is 3.21. The van der Waals surface area contributed by atoms with Gasteiger partial charge in [-0.2, -0.15) is 0 Å². The molecule has 0 saturated carbocycles. The third-order valence-corrected chi connectivity index (χ3v) is 4.81. The molecule has 29 heavy (non-hydrogen) atoms. The Bertz CT molecular complexity index is 873. The van der Waals surface area contributed by atoms with Crippen molar-refractivity contribution in [2.45, 2.75) is 20.3 Å². The molecule has 2 rings (SSSR count). The van der Waals surface area contributed by atoms with E-state index in [1.165, 1.54) is 11.3 Å². The van der Waals surface area contributed by atoms with Crippen LogP contribution in [0.15, 0.2) is 30.3 Å². The fraction of sp³-hybridized carbons (Fsp3) is 0.300. The minimum Gasteiger partial charge on any atom is -0.482 e. The highest BCUT2D eigenvalue weighted by Gasteiger charge is 2.19. The first kappa shape index (κ1) is 22.1. The number of esters is 2. The second-order valence-corrected chi connectivity index (χ2v) is 6.85. The van der Waals surface area contributed by atoms with E-state index in [9.17, 15) is 19.2 Å². The van der Waals surface area contributed by atoms with Crippen LogP contribution in [-0.2, 0) is 25.5 Å². The topological polar surface area (TPSA) is 108 Å². The zero-order valence-corrected chi connectivity index (χ0v) is 16.9. The largest absolute Gasteiger partial charge is 0.482 e. The molecule has 9 heteroatoms. The van der Waals surface area contributed by atoms with Gasteiger partial charge in [0.15, 0.2) is 13.2 Å². The lowest BCUT2D eigenvalue weighted by atomic mass is 10.2. The standard InChI is InChI=1S/C20H21NO7S/c1-3-15-9-16(20(25)26-4-2)19(29-15)21-17(23)11-28-18(24)12-27-14-7-5-13(10-22)6-8-14/h5-10H,3-4,11-12H2,1-2H3,(H,21,23). The number of thiophene rings is 1. The summed E-state index contributed by atoms with van der Waals surface area (Å²) in [7, 11) is 0. The lowest BCUT2D eigenvalue weighted by Gasteiger charge is -2.08. The van der Waals surface area contributed by atoms with Crippen molar-refractivity contribution in [2.24, 2.45) is 0 Å².